The Labute approximate surface area is 215 Å². The molecule has 190 valence electrons. The Balaban J connectivity index is 1.38. The van der Waals surface area contributed by atoms with Crippen LogP contribution in [-0.4, -0.2) is 40.1 Å². The second-order valence-electron chi connectivity index (χ2n) is 9.08. The van der Waals surface area contributed by atoms with Crippen LogP contribution in [0.15, 0.2) is 60.9 Å². The lowest BCUT2D eigenvalue weighted by Gasteiger charge is -2.17. The van der Waals surface area contributed by atoms with Crippen LogP contribution in [0.1, 0.15) is 43.6 Å². The zero-order valence-electron chi connectivity index (χ0n) is 21.3. The summed E-state index contributed by atoms with van der Waals surface area (Å²) in [7, 11) is 3.25. The summed E-state index contributed by atoms with van der Waals surface area (Å²) in [6.45, 7) is 2.14. The minimum absolute atomic E-state index is 0.0623. The van der Waals surface area contributed by atoms with Gasteiger partial charge in [-0.1, -0.05) is 38.0 Å². The van der Waals surface area contributed by atoms with Crippen molar-refractivity contribution in [3.8, 4) is 22.9 Å². The van der Waals surface area contributed by atoms with Crippen molar-refractivity contribution in [1.82, 2.24) is 25.3 Å². The molecule has 5 aromatic rings. The molecule has 0 aliphatic carbocycles. The highest BCUT2D eigenvalue weighted by Gasteiger charge is 2.20. The predicted octanol–water partition coefficient (Wildman–Crippen LogP) is 5.71. The first-order valence-corrected chi connectivity index (χ1v) is 12.5. The molecule has 0 bridgehead atoms. The Morgan fingerprint density at radius 3 is 2.78 bits per heavy atom. The van der Waals surface area contributed by atoms with Gasteiger partial charge < -0.3 is 24.8 Å². The van der Waals surface area contributed by atoms with Gasteiger partial charge >= 0.3 is 0 Å². The third-order valence-corrected chi connectivity index (χ3v) is 6.61. The number of methoxy groups -OCH3 is 2. The quantitative estimate of drug-likeness (QED) is 0.229. The van der Waals surface area contributed by atoms with Crippen LogP contribution in [0.25, 0.3) is 33.1 Å². The van der Waals surface area contributed by atoms with E-state index < -0.39 is 0 Å². The number of benzene rings is 2. The number of aromatic amines is 2. The maximum Gasteiger partial charge on any atom is 0.225 e. The average Bonchev–Trinajstić information content (AvgIpc) is 3.57. The zero-order valence-corrected chi connectivity index (χ0v) is 21.3. The van der Waals surface area contributed by atoms with E-state index in [1.807, 2.05) is 54.7 Å². The summed E-state index contributed by atoms with van der Waals surface area (Å²) in [5.41, 5.74) is 4.39. The van der Waals surface area contributed by atoms with Crippen LogP contribution in [0.5, 0.6) is 11.6 Å². The van der Waals surface area contributed by atoms with Crippen LogP contribution in [0.4, 0.5) is 0 Å². The third kappa shape index (κ3) is 5.14. The van der Waals surface area contributed by atoms with Gasteiger partial charge in [0.15, 0.2) is 0 Å². The van der Waals surface area contributed by atoms with Crippen molar-refractivity contribution in [2.75, 3.05) is 14.2 Å². The van der Waals surface area contributed by atoms with Crippen LogP contribution in [0.2, 0.25) is 0 Å². The number of unbranched alkanes of at least 4 members (excludes halogenated alkanes) is 1. The van der Waals surface area contributed by atoms with E-state index in [2.05, 4.69) is 32.2 Å². The number of aromatic nitrogens is 4. The van der Waals surface area contributed by atoms with E-state index in [0.717, 1.165) is 63.6 Å². The molecule has 0 saturated heterocycles. The van der Waals surface area contributed by atoms with Crippen molar-refractivity contribution < 1.29 is 14.3 Å². The molecule has 1 atom stereocenters. The minimum Gasteiger partial charge on any atom is -0.497 e. The molecular formula is C29H31N5O3. The smallest absolute Gasteiger partial charge is 0.225 e. The number of hydrogen-bond acceptors (Lipinski definition) is 5. The van der Waals surface area contributed by atoms with E-state index in [1.54, 1.807) is 20.4 Å². The normalized spacial score (nSPS) is 12.1. The van der Waals surface area contributed by atoms with Crippen molar-refractivity contribution in [2.45, 2.75) is 38.6 Å². The number of rotatable bonds is 10. The lowest BCUT2D eigenvalue weighted by molar-refractivity contribution is -0.121. The minimum atomic E-state index is -0.236. The van der Waals surface area contributed by atoms with E-state index in [0.29, 0.717) is 11.7 Å². The van der Waals surface area contributed by atoms with E-state index in [-0.39, 0.29) is 18.4 Å². The van der Waals surface area contributed by atoms with E-state index in [1.165, 1.54) is 0 Å². The summed E-state index contributed by atoms with van der Waals surface area (Å²) in [6.07, 6.45) is 6.68. The van der Waals surface area contributed by atoms with Crippen molar-refractivity contribution in [2.24, 2.45) is 0 Å². The Hall–Kier alpha value is -4.33. The van der Waals surface area contributed by atoms with Crippen LogP contribution in [-0.2, 0) is 11.2 Å². The summed E-state index contributed by atoms with van der Waals surface area (Å²) < 4.78 is 10.9. The summed E-state index contributed by atoms with van der Waals surface area (Å²) >= 11 is 0. The molecule has 3 aromatic heterocycles. The second-order valence-corrected chi connectivity index (χ2v) is 9.08. The number of H-pyrrole nitrogens is 2. The summed E-state index contributed by atoms with van der Waals surface area (Å²) in [5.74, 6) is 1.94. The molecule has 0 aliphatic heterocycles. The molecular weight excluding hydrogens is 466 g/mol. The fourth-order valence-corrected chi connectivity index (χ4v) is 4.63. The van der Waals surface area contributed by atoms with E-state index >= 15 is 0 Å². The number of ether oxygens (including phenoxy) is 2. The second kappa shape index (κ2) is 10.7. The fourth-order valence-electron chi connectivity index (χ4n) is 4.63. The topological polar surface area (TPSA) is 105 Å². The number of imidazole rings is 1. The Bertz CT molecular complexity index is 1540. The molecule has 1 amide bonds. The molecule has 0 fully saturated rings. The number of hydrogen-bond donors (Lipinski definition) is 3. The lowest BCUT2D eigenvalue weighted by atomic mass is 10.1. The number of nitrogens with one attached hydrogen (secondary N) is 3. The lowest BCUT2D eigenvalue weighted by Crippen LogP contribution is -2.30. The molecule has 0 spiro atoms. The van der Waals surface area contributed by atoms with Gasteiger partial charge in [0, 0.05) is 22.5 Å². The number of nitrogens with zero attached hydrogens (tertiary/aromatic N) is 2. The van der Waals surface area contributed by atoms with Gasteiger partial charge in [-0.05, 0) is 42.3 Å². The molecule has 8 nitrogen and oxygen atoms in total. The first-order valence-electron chi connectivity index (χ1n) is 12.5. The molecule has 0 radical (unpaired) electrons. The van der Waals surface area contributed by atoms with Gasteiger partial charge in [0.1, 0.15) is 11.6 Å². The maximum atomic E-state index is 13.2. The fraction of sp³-hybridized carbons (Fsp3) is 0.276. The first-order chi connectivity index (χ1) is 18.1. The highest BCUT2D eigenvalue weighted by molar-refractivity contribution is 5.90. The molecule has 0 saturated carbocycles. The number of amides is 1. The largest absolute Gasteiger partial charge is 0.497 e. The van der Waals surface area contributed by atoms with Crippen LogP contribution >= 0.6 is 0 Å². The van der Waals surface area contributed by atoms with E-state index in [9.17, 15) is 4.79 Å². The van der Waals surface area contributed by atoms with Crippen molar-refractivity contribution in [1.29, 1.82) is 0 Å². The van der Waals surface area contributed by atoms with Gasteiger partial charge in [-0.3, -0.25) is 4.79 Å². The molecule has 37 heavy (non-hydrogen) atoms. The third-order valence-electron chi connectivity index (χ3n) is 6.61. The van der Waals surface area contributed by atoms with Crippen molar-refractivity contribution in [3.63, 3.8) is 0 Å². The predicted molar refractivity (Wildman–Crippen MR) is 145 cm³/mol. The van der Waals surface area contributed by atoms with Gasteiger partial charge in [-0.25, -0.2) is 9.97 Å². The van der Waals surface area contributed by atoms with Gasteiger partial charge in [-0.2, -0.15) is 0 Å². The Kier molecular flexibility index (Phi) is 7.07. The zero-order chi connectivity index (χ0) is 25.8. The van der Waals surface area contributed by atoms with Crippen molar-refractivity contribution in [3.05, 3.63) is 72.3 Å². The summed E-state index contributed by atoms with van der Waals surface area (Å²) in [5, 5.41) is 5.19. The highest BCUT2D eigenvalue weighted by Crippen LogP contribution is 2.32. The molecule has 2 aromatic carbocycles. The number of fused-ring (bicyclic) bond motifs is 2. The molecule has 3 heterocycles. The monoisotopic (exact) mass is 497 g/mol. The number of pyridine rings is 1. The van der Waals surface area contributed by atoms with Crippen molar-refractivity contribution >= 4 is 27.7 Å². The number of para-hydroxylation sites is 1. The molecule has 5 rings (SSSR count). The SMILES string of the molecule is CCCC[C@H](NC(=O)Cc1c[nH]c2ccc(OC)cc12)c1ncc(-c2cc3ccccc3nc2OC)[nH]1. The number of carbonyl (C=O) groups excluding carboxylic acids is 1. The van der Waals surface area contributed by atoms with Crippen LogP contribution in [0.3, 0.4) is 0 Å². The Morgan fingerprint density at radius 2 is 1.97 bits per heavy atom. The van der Waals surface area contributed by atoms with Gasteiger partial charge in [0.25, 0.3) is 0 Å². The molecule has 3 N–H and O–H groups in total. The van der Waals surface area contributed by atoms with Gasteiger partial charge in [0.2, 0.25) is 11.8 Å². The maximum absolute atomic E-state index is 13.2. The molecule has 0 unspecified atom stereocenters. The standard InChI is InChI=1S/C29H31N5O3/c1-4-5-9-25(32-27(35)14-19-16-30-24-12-11-20(36-2)15-21(19)24)28-31-17-26(33-28)22-13-18-8-6-7-10-23(18)34-29(22)37-3/h6-8,10-13,15-17,25,30H,4-5,9,14H2,1-3H3,(H,31,33)(H,32,35)/t25-/m0/s1. The van der Waals surface area contributed by atoms with E-state index in [4.69, 9.17) is 9.47 Å². The highest BCUT2D eigenvalue weighted by atomic mass is 16.5. The summed E-state index contributed by atoms with van der Waals surface area (Å²) in [4.78, 5) is 29.1. The van der Waals surface area contributed by atoms with Crippen LogP contribution in [0, 0.1) is 0 Å². The molecule has 0 aliphatic rings. The van der Waals surface area contributed by atoms with Gasteiger partial charge in [0.05, 0.1) is 49.7 Å². The average molecular weight is 498 g/mol. The Morgan fingerprint density at radius 1 is 1.11 bits per heavy atom. The number of carbonyl (C=O) groups is 1. The van der Waals surface area contributed by atoms with Gasteiger partial charge in [-0.15, -0.1) is 0 Å². The first kappa shape index (κ1) is 24.4. The molecule has 8 heteroatoms. The summed E-state index contributed by atoms with van der Waals surface area (Å²) in [6, 6.07) is 15.5. The van der Waals surface area contributed by atoms with Crippen LogP contribution < -0.4 is 14.8 Å².